The zero-order valence-electron chi connectivity index (χ0n) is 10.0. The zero-order valence-corrected chi connectivity index (χ0v) is 10.0. The Bertz CT molecular complexity index is 433. The molecule has 1 saturated heterocycles. The van der Waals surface area contributed by atoms with Crippen LogP contribution in [0.3, 0.4) is 0 Å². The van der Waals surface area contributed by atoms with E-state index in [0.29, 0.717) is 12.5 Å². The second-order valence-electron chi connectivity index (χ2n) is 4.28. The lowest BCUT2D eigenvalue weighted by atomic mass is 10.1. The molecule has 96 valence electrons. The van der Waals surface area contributed by atoms with Crippen LogP contribution < -0.4 is 4.74 Å². The lowest BCUT2D eigenvalue weighted by molar-refractivity contribution is -0.131. The highest BCUT2D eigenvalue weighted by atomic mass is 16.5. The smallest absolute Gasteiger partial charge is 0.328 e. The van der Waals surface area contributed by atoms with Crippen molar-refractivity contribution in [2.75, 3.05) is 19.8 Å². The summed E-state index contributed by atoms with van der Waals surface area (Å²) in [5.41, 5.74) is 0.817. The Hall–Kier alpha value is -1.81. The maximum Gasteiger partial charge on any atom is 0.328 e. The van der Waals surface area contributed by atoms with Crippen molar-refractivity contribution >= 4 is 12.0 Å². The quantitative estimate of drug-likeness (QED) is 0.812. The number of carbonyl (C=O) groups is 1. The van der Waals surface area contributed by atoms with Crippen LogP contribution in [0, 0.1) is 5.92 Å². The summed E-state index contributed by atoms with van der Waals surface area (Å²) in [6.45, 7) is 2.22. The predicted molar refractivity (Wildman–Crippen MR) is 67.5 cm³/mol. The van der Waals surface area contributed by atoms with Gasteiger partial charge in [0.1, 0.15) is 5.75 Å². The third kappa shape index (κ3) is 3.89. The Morgan fingerprint density at radius 1 is 1.56 bits per heavy atom. The molecule has 4 heteroatoms. The number of hydrogen-bond donors (Lipinski definition) is 1. The number of aliphatic carboxylic acids is 1. The third-order valence-electron chi connectivity index (χ3n) is 2.79. The van der Waals surface area contributed by atoms with Gasteiger partial charge in [0.2, 0.25) is 0 Å². The first-order valence-corrected chi connectivity index (χ1v) is 5.95. The molecule has 1 heterocycles. The van der Waals surface area contributed by atoms with E-state index in [9.17, 15) is 4.79 Å². The second-order valence-corrected chi connectivity index (χ2v) is 4.28. The van der Waals surface area contributed by atoms with E-state index in [1.54, 1.807) is 6.08 Å². The van der Waals surface area contributed by atoms with Crippen molar-refractivity contribution in [2.24, 2.45) is 5.92 Å². The van der Waals surface area contributed by atoms with E-state index in [-0.39, 0.29) is 0 Å². The van der Waals surface area contributed by atoms with E-state index in [1.165, 1.54) is 0 Å². The molecule has 0 aromatic heterocycles. The molecule has 1 aromatic rings. The maximum absolute atomic E-state index is 10.4. The van der Waals surface area contributed by atoms with Crippen LogP contribution in [0.5, 0.6) is 5.75 Å². The Morgan fingerprint density at radius 2 is 2.44 bits per heavy atom. The van der Waals surface area contributed by atoms with Gasteiger partial charge in [-0.15, -0.1) is 0 Å². The second kappa shape index (κ2) is 6.21. The van der Waals surface area contributed by atoms with Crippen molar-refractivity contribution in [3.63, 3.8) is 0 Å². The molecule has 4 nitrogen and oxygen atoms in total. The highest BCUT2D eigenvalue weighted by Crippen LogP contribution is 2.18. The molecule has 2 rings (SSSR count). The van der Waals surface area contributed by atoms with E-state index in [2.05, 4.69) is 0 Å². The van der Waals surface area contributed by atoms with Crippen LogP contribution >= 0.6 is 0 Å². The van der Waals surface area contributed by atoms with Crippen molar-refractivity contribution in [1.82, 2.24) is 0 Å². The van der Waals surface area contributed by atoms with Gasteiger partial charge in [-0.25, -0.2) is 4.79 Å². The average molecular weight is 248 g/mol. The fraction of sp³-hybridized carbons (Fsp3) is 0.357. The number of hydrogen-bond acceptors (Lipinski definition) is 3. The highest BCUT2D eigenvalue weighted by molar-refractivity contribution is 5.85. The van der Waals surface area contributed by atoms with Gasteiger partial charge in [-0.1, -0.05) is 12.1 Å². The SMILES string of the molecule is O=C(O)C=Cc1cccc(OCC2CCOC2)c1. The molecule has 1 aromatic carbocycles. The fourth-order valence-corrected chi connectivity index (χ4v) is 1.80. The first-order valence-electron chi connectivity index (χ1n) is 5.95. The van der Waals surface area contributed by atoms with Crippen LogP contribution in [0.4, 0.5) is 0 Å². The molecule has 0 amide bonds. The molecular formula is C14H16O4. The van der Waals surface area contributed by atoms with Gasteiger partial charge in [-0.3, -0.25) is 0 Å². The Kier molecular flexibility index (Phi) is 4.36. The summed E-state index contributed by atoms with van der Waals surface area (Å²) in [5, 5.41) is 8.56. The van der Waals surface area contributed by atoms with Crippen LogP contribution in [0.2, 0.25) is 0 Å². The van der Waals surface area contributed by atoms with E-state index >= 15 is 0 Å². The normalized spacial score (nSPS) is 19.2. The molecule has 18 heavy (non-hydrogen) atoms. The highest BCUT2D eigenvalue weighted by Gasteiger charge is 2.15. The Balaban J connectivity index is 1.91. The monoisotopic (exact) mass is 248 g/mol. The summed E-state index contributed by atoms with van der Waals surface area (Å²) in [6.07, 6.45) is 3.70. The van der Waals surface area contributed by atoms with Crippen LogP contribution in [0.25, 0.3) is 6.08 Å². The zero-order chi connectivity index (χ0) is 12.8. The lowest BCUT2D eigenvalue weighted by Gasteiger charge is -2.10. The van der Waals surface area contributed by atoms with E-state index in [1.807, 2.05) is 24.3 Å². The average Bonchev–Trinajstić information content (AvgIpc) is 2.87. The summed E-state index contributed by atoms with van der Waals surface area (Å²) in [7, 11) is 0. The van der Waals surface area contributed by atoms with Gasteiger partial charge >= 0.3 is 5.97 Å². The number of carboxylic acid groups (broad SMARTS) is 1. The molecule has 1 fully saturated rings. The first-order chi connectivity index (χ1) is 8.74. The maximum atomic E-state index is 10.4. The number of ether oxygens (including phenoxy) is 2. The molecule has 0 spiro atoms. The fourth-order valence-electron chi connectivity index (χ4n) is 1.80. The molecular weight excluding hydrogens is 232 g/mol. The molecule has 1 N–H and O–H groups in total. The molecule has 0 aliphatic carbocycles. The summed E-state index contributed by atoms with van der Waals surface area (Å²) in [6, 6.07) is 7.39. The minimum atomic E-state index is -0.954. The van der Waals surface area contributed by atoms with Crippen LogP contribution in [-0.4, -0.2) is 30.9 Å². The summed E-state index contributed by atoms with van der Waals surface area (Å²) < 4.78 is 11.0. The summed E-state index contributed by atoms with van der Waals surface area (Å²) in [5.74, 6) is 0.266. The van der Waals surface area contributed by atoms with Gasteiger partial charge in [0.25, 0.3) is 0 Å². The Labute approximate surface area is 106 Å². The summed E-state index contributed by atoms with van der Waals surface area (Å²) in [4.78, 5) is 10.4. The topological polar surface area (TPSA) is 55.8 Å². The molecule has 0 radical (unpaired) electrons. The largest absolute Gasteiger partial charge is 0.493 e. The van der Waals surface area contributed by atoms with Gasteiger partial charge in [-0.2, -0.15) is 0 Å². The number of rotatable bonds is 5. The molecule has 1 aliphatic rings. The Morgan fingerprint density at radius 3 is 3.17 bits per heavy atom. The van der Waals surface area contributed by atoms with Crippen LogP contribution in [0.1, 0.15) is 12.0 Å². The molecule has 0 saturated carbocycles. The van der Waals surface area contributed by atoms with Crippen molar-refractivity contribution in [1.29, 1.82) is 0 Å². The molecule has 0 bridgehead atoms. The number of carboxylic acids is 1. The van der Waals surface area contributed by atoms with Crippen molar-refractivity contribution < 1.29 is 19.4 Å². The van der Waals surface area contributed by atoms with E-state index < -0.39 is 5.97 Å². The van der Waals surface area contributed by atoms with Crippen LogP contribution in [0.15, 0.2) is 30.3 Å². The minimum Gasteiger partial charge on any atom is -0.493 e. The molecule has 1 unspecified atom stereocenters. The minimum absolute atomic E-state index is 0.461. The van der Waals surface area contributed by atoms with Gasteiger partial charge in [0.15, 0.2) is 0 Å². The van der Waals surface area contributed by atoms with Gasteiger partial charge in [0.05, 0.1) is 13.2 Å². The van der Waals surface area contributed by atoms with Gasteiger partial charge < -0.3 is 14.6 Å². The molecule has 1 atom stereocenters. The standard InChI is InChI=1S/C14H16O4/c15-14(16)5-4-11-2-1-3-13(8-11)18-10-12-6-7-17-9-12/h1-5,8,12H,6-7,9-10H2,(H,15,16). The van der Waals surface area contributed by atoms with Gasteiger partial charge in [0, 0.05) is 18.6 Å². The van der Waals surface area contributed by atoms with Crippen LogP contribution in [-0.2, 0) is 9.53 Å². The van der Waals surface area contributed by atoms with Crippen molar-refractivity contribution in [2.45, 2.75) is 6.42 Å². The third-order valence-corrected chi connectivity index (χ3v) is 2.79. The summed E-state index contributed by atoms with van der Waals surface area (Å²) >= 11 is 0. The number of benzene rings is 1. The predicted octanol–water partition coefficient (Wildman–Crippen LogP) is 2.20. The first kappa shape index (κ1) is 12.6. The van der Waals surface area contributed by atoms with E-state index in [4.69, 9.17) is 14.6 Å². The van der Waals surface area contributed by atoms with E-state index in [0.717, 1.165) is 37.0 Å². The van der Waals surface area contributed by atoms with Crippen molar-refractivity contribution in [3.8, 4) is 5.75 Å². The lowest BCUT2D eigenvalue weighted by Crippen LogP contribution is -2.11. The van der Waals surface area contributed by atoms with Crippen molar-refractivity contribution in [3.05, 3.63) is 35.9 Å². The van der Waals surface area contributed by atoms with Gasteiger partial charge in [-0.05, 0) is 30.2 Å². The molecule has 1 aliphatic heterocycles.